The Balaban J connectivity index is 1.47. The van der Waals surface area contributed by atoms with E-state index in [1.54, 1.807) is 17.4 Å². The fourth-order valence-electron chi connectivity index (χ4n) is 4.17. The zero-order valence-electron chi connectivity index (χ0n) is 14.7. The third-order valence-electron chi connectivity index (χ3n) is 5.69. The molecule has 136 valence electrons. The Kier molecular flexibility index (Phi) is 4.66. The summed E-state index contributed by atoms with van der Waals surface area (Å²) in [5, 5.41) is 2.09. The van der Waals surface area contributed by atoms with Crippen molar-refractivity contribution in [3.63, 3.8) is 0 Å². The van der Waals surface area contributed by atoms with Crippen molar-refractivity contribution < 1.29 is 9.53 Å². The van der Waals surface area contributed by atoms with Gasteiger partial charge >= 0.3 is 5.97 Å². The second-order valence-corrected chi connectivity index (χ2v) is 9.62. The van der Waals surface area contributed by atoms with E-state index in [1.165, 1.54) is 21.6 Å². The van der Waals surface area contributed by atoms with Gasteiger partial charge in [-0.25, -0.2) is 0 Å². The number of carbonyl (C=O) groups excluding carboxylic acids is 1. The van der Waals surface area contributed by atoms with Crippen molar-refractivity contribution in [2.75, 3.05) is 0 Å². The van der Waals surface area contributed by atoms with E-state index < -0.39 is 0 Å². The molecule has 1 unspecified atom stereocenters. The van der Waals surface area contributed by atoms with Gasteiger partial charge in [-0.15, -0.1) is 11.3 Å². The van der Waals surface area contributed by atoms with Gasteiger partial charge in [-0.05, 0) is 45.5 Å². The molecule has 2 nitrogen and oxygen atoms in total. The second kappa shape index (κ2) is 6.70. The Hall–Kier alpha value is -1.29. The number of ether oxygens (including phenoxy) is 1. The highest BCUT2D eigenvalue weighted by Gasteiger charge is 2.62. The Morgan fingerprint density at radius 1 is 1.23 bits per heavy atom. The van der Waals surface area contributed by atoms with Crippen molar-refractivity contribution in [3.05, 3.63) is 57.4 Å². The number of carbonyl (C=O) groups is 1. The number of hydrogen-bond acceptors (Lipinski definition) is 3. The van der Waals surface area contributed by atoms with E-state index in [0.29, 0.717) is 0 Å². The van der Waals surface area contributed by atoms with Gasteiger partial charge in [0, 0.05) is 17.7 Å². The fourth-order valence-corrected chi connectivity index (χ4v) is 5.22. The largest absolute Gasteiger partial charge is 0.461 e. The molecule has 2 aliphatic carbocycles. The second-order valence-electron chi connectivity index (χ2n) is 7.67. The number of rotatable bonds is 4. The minimum absolute atomic E-state index is 0.0467. The fraction of sp³-hybridized carbons (Fsp3) is 0.381. The minimum atomic E-state index is -0.171. The van der Waals surface area contributed by atoms with E-state index in [1.807, 2.05) is 0 Å². The summed E-state index contributed by atoms with van der Waals surface area (Å²) in [5.41, 5.74) is 3.70. The Bertz CT molecular complexity index is 866. The Morgan fingerprint density at radius 2 is 2.04 bits per heavy atom. The number of fused-ring (bicyclic) bond motifs is 1. The van der Waals surface area contributed by atoms with Crippen LogP contribution in [0.3, 0.4) is 0 Å². The van der Waals surface area contributed by atoms with E-state index in [9.17, 15) is 4.79 Å². The van der Waals surface area contributed by atoms with E-state index >= 15 is 0 Å². The van der Waals surface area contributed by atoms with Crippen LogP contribution in [0.5, 0.6) is 0 Å². The van der Waals surface area contributed by atoms with Crippen LogP contribution in [0.15, 0.2) is 46.3 Å². The molecule has 0 radical (unpaired) electrons. The molecule has 5 heteroatoms. The molecule has 1 aromatic carbocycles. The first kappa shape index (κ1) is 18.1. The van der Waals surface area contributed by atoms with Gasteiger partial charge < -0.3 is 4.74 Å². The molecule has 1 saturated carbocycles. The molecule has 0 aliphatic heterocycles. The lowest BCUT2D eigenvalue weighted by molar-refractivity contribution is -0.151. The maximum Gasteiger partial charge on any atom is 0.310 e. The third-order valence-corrected chi connectivity index (χ3v) is 6.85. The molecule has 1 heterocycles. The standard InChI is InChI=1S/C21H20Cl2O2S/c1-21(2)16(11-18(22)23)19(21)20(24)25-13-9-12-5-3-6-14(15(12)10-13)17-7-4-8-26-17/h3-8,11,13,16,19H,9-10H2,1-2H3/t13?,16-,19-/m1/s1. The van der Waals surface area contributed by atoms with E-state index in [-0.39, 0.29) is 33.8 Å². The van der Waals surface area contributed by atoms with E-state index in [2.05, 4.69) is 49.6 Å². The summed E-state index contributed by atoms with van der Waals surface area (Å²) in [5.74, 6) is -0.262. The highest BCUT2D eigenvalue weighted by atomic mass is 35.5. The lowest BCUT2D eigenvalue weighted by atomic mass is 10.0. The van der Waals surface area contributed by atoms with Gasteiger partial charge in [0.25, 0.3) is 0 Å². The number of benzene rings is 1. The van der Waals surface area contributed by atoms with Gasteiger partial charge in [-0.3, -0.25) is 4.79 Å². The van der Waals surface area contributed by atoms with Crippen LogP contribution in [0, 0.1) is 17.3 Å². The quantitative estimate of drug-likeness (QED) is 0.580. The van der Waals surface area contributed by atoms with Crippen LogP contribution >= 0.6 is 34.5 Å². The topological polar surface area (TPSA) is 26.3 Å². The maximum absolute atomic E-state index is 12.7. The van der Waals surface area contributed by atoms with Crippen LogP contribution in [0.2, 0.25) is 0 Å². The molecule has 2 aromatic rings. The summed E-state index contributed by atoms with van der Waals surface area (Å²) < 4.78 is 6.10. The predicted octanol–water partition coefficient (Wildman–Crippen LogP) is 6.02. The number of hydrogen-bond donors (Lipinski definition) is 0. The molecule has 2 aliphatic rings. The Morgan fingerprint density at radius 3 is 2.73 bits per heavy atom. The van der Waals surface area contributed by atoms with E-state index in [4.69, 9.17) is 27.9 Å². The lowest BCUT2D eigenvalue weighted by Gasteiger charge is -2.12. The van der Waals surface area contributed by atoms with E-state index in [0.717, 1.165) is 12.8 Å². The van der Waals surface area contributed by atoms with Crippen molar-refractivity contribution in [1.82, 2.24) is 0 Å². The van der Waals surface area contributed by atoms with Crippen LogP contribution in [-0.2, 0) is 22.4 Å². The molecule has 0 amide bonds. The van der Waals surface area contributed by atoms with Gasteiger partial charge in [-0.1, -0.05) is 61.3 Å². The average Bonchev–Trinajstić information content (AvgIpc) is 3.01. The molecular weight excluding hydrogens is 387 g/mol. The highest BCUT2D eigenvalue weighted by molar-refractivity contribution is 7.13. The molecule has 0 saturated heterocycles. The summed E-state index contributed by atoms with van der Waals surface area (Å²) in [6, 6.07) is 10.6. The van der Waals surface area contributed by atoms with Gasteiger partial charge in [0.2, 0.25) is 0 Å². The Labute approximate surface area is 167 Å². The number of esters is 1. The number of allylic oxidation sites excluding steroid dienone is 1. The number of thiophene rings is 1. The van der Waals surface area contributed by atoms with Gasteiger partial charge in [0.05, 0.1) is 5.92 Å². The predicted molar refractivity (Wildman–Crippen MR) is 108 cm³/mol. The maximum atomic E-state index is 12.7. The summed E-state index contributed by atoms with van der Waals surface area (Å²) in [6.07, 6.45) is 3.22. The van der Waals surface area contributed by atoms with Crippen LogP contribution in [0.25, 0.3) is 10.4 Å². The van der Waals surface area contributed by atoms with Crippen LogP contribution in [-0.4, -0.2) is 12.1 Å². The minimum Gasteiger partial charge on any atom is -0.461 e. The molecule has 26 heavy (non-hydrogen) atoms. The third kappa shape index (κ3) is 3.21. The van der Waals surface area contributed by atoms with Crippen LogP contribution in [0.4, 0.5) is 0 Å². The van der Waals surface area contributed by atoms with Crippen molar-refractivity contribution >= 4 is 40.5 Å². The summed E-state index contributed by atoms with van der Waals surface area (Å²) in [6.45, 7) is 4.10. The van der Waals surface area contributed by atoms with Crippen LogP contribution < -0.4 is 0 Å². The number of halogens is 2. The molecular formula is C21H20Cl2O2S. The first-order valence-electron chi connectivity index (χ1n) is 8.76. The molecule has 0 spiro atoms. The molecule has 1 aromatic heterocycles. The summed E-state index contributed by atoms with van der Waals surface area (Å²) >= 11 is 13.3. The van der Waals surface area contributed by atoms with Crippen molar-refractivity contribution in [3.8, 4) is 10.4 Å². The zero-order valence-corrected chi connectivity index (χ0v) is 17.0. The monoisotopic (exact) mass is 406 g/mol. The normalized spacial score (nSPS) is 25.5. The summed E-state index contributed by atoms with van der Waals surface area (Å²) in [4.78, 5) is 14.0. The van der Waals surface area contributed by atoms with Gasteiger partial charge in [-0.2, -0.15) is 0 Å². The molecule has 3 atom stereocenters. The first-order chi connectivity index (χ1) is 12.4. The highest BCUT2D eigenvalue weighted by Crippen LogP contribution is 2.60. The SMILES string of the molecule is CC1(C)[C@H](C=C(Cl)Cl)[C@@H]1C(=O)OC1Cc2cccc(-c3cccs3)c2C1. The average molecular weight is 407 g/mol. The van der Waals surface area contributed by atoms with Gasteiger partial charge in [0.1, 0.15) is 10.6 Å². The smallest absolute Gasteiger partial charge is 0.310 e. The van der Waals surface area contributed by atoms with Crippen molar-refractivity contribution in [2.24, 2.45) is 17.3 Å². The molecule has 4 rings (SSSR count). The van der Waals surface area contributed by atoms with Crippen molar-refractivity contribution in [2.45, 2.75) is 32.8 Å². The summed E-state index contributed by atoms with van der Waals surface area (Å²) in [7, 11) is 0. The zero-order chi connectivity index (χ0) is 18.5. The molecule has 0 bridgehead atoms. The lowest BCUT2D eigenvalue weighted by Crippen LogP contribution is -2.21. The molecule has 0 N–H and O–H groups in total. The molecule has 1 fully saturated rings. The van der Waals surface area contributed by atoms with Gasteiger partial charge in [0.15, 0.2) is 0 Å². The van der Waals surface area contributed by atoms with Crippen LogP contribution in [0.1, 0.15) is 25.0 Å². The van der Waals surface area contributed by atoms with Crippen molar-refractivity contribution in [1.29, 1.82) is 0 Å². The first-order valence-corrected chi connectivity index (χ1v) is 10.4.